The van der Waals surface area contributed by atoms with Gasteiger partial charge in [-0.1, -0.05) is 110 Å². The highest BCUT2D eigenvalue weighted by Gasteiger charge is 2.39. The van der Waals surface area contributed by atoms with Crippen molar-refractivity contribution < 1.29 is 0 Å². The molecule has 0 amide bonds. The van der Waals surface area contributed by atoms with Crippen LogP contribution in [0.3, 0.4) is 0 Å². The molecule has 0 fully saturated rings. The van der Waals surface area contributed by atoms with Crippen LogP contribution in [0.25, 0.3) is 44.7 Å². The van der Waals surface area contributed by atoms with E-state index in [-0.39, 0.29) is 0 Å². The van der Waals surface area contributed by atoms with Crippen LogP contribution in [-0.4, -0.2) is 18.0 Å². The average molecular weight is 415 g/mol. The molecule has 1 aliphatic rings. The molecule has 0 saturated heterocycles. The lowest BCUT2D eigenvalue weighted by atomic mass is 10.0. The first-order valence-corrected chi connectivity index (χ1v) is 13.7. The van der Waals surface area contributed by atoms with Crippen molar-refractivity contribution in [2.45, 2.75) is 13.1 Å². The second-order valence-corrected chi connectivity index (χ2v) is 13.0. The van der Waals surface area contributed by atoms with Crippen molar-refractivity contribution in [3.63, 3.8) is 0 Å². The Kier molecular flexibility index (Phi) is 3.95. The Bertz CT molecular complexity index is 1440. The molecule has 1 aliphatic heterocycles. The van der Waals surface area contributed by atoms with E-state index in [1.807, 2.05) is 6.07 Å². The number of nitrogens with zero attached hydrogens (tertiary/aromatic N) is 2. The zero-order valence-corrected chi connectivity index (χ0v) is 18.6. The number of benzene rings is 4. The first-order valence-electron chi connectivity index (χ1n) is 10.7. The van der Waals surface area contributed by atoms with Crippen molar-refractivity contribution >= 4 is 29.4 Å². The predicted molar refractivity (Wildman–Crippen MR) is 133 cm³/mol. The van der Waals surface area contributed by atoms with Crippen molar-refractivity contribution in [2.75, 3.05) is 0 Å². The summed E-state index contributed by atoms with van der Waals surface area (Å²) in [4.78, 5) is 10.3. The fraction of sp³-hybridized carbons (Fsp3) is 0.0714. The van der Waals surface area contributed by atoms with Crippen molar-refractivity contribution in [2.24, 2.45) is 0 Å². The summed E-state index contributed by atoms with van der Waals surface area (Å²) in [6, 6.07) is 34.2. The maximum absolute atomic E-state index is 5.21. The maximum atomic E-state index is 5.21. The van der Waals surface area contributed by atoms with Gasteiger partial charge in [0.2, 0.25) is 0 Å². The Hall–Kier alpha value is -3.56. The zero-order chi connectivity index (χ0) is 21.0. The van der Waals surface area contributed by atoms with Crippen molar-refractivity contribution in [3.8, 4) is 33.8 Å². The highest BCUT2D eigenvalue weighted by Crippen LogP contribution is 2.35. The Labute approximate surface area is 183 Å². The first kappa shape index (κ1) is 18.2. The van der Waals surface area contributed by atoms with E-state index in [9.17, 15) is 0 Å². The van der Waals surface area contributed by atoms with Crippen LogP contribution in [0.4, 0.5) is 0 Å². The molecule has 0 saturated carbocycles. The molecule has 0 N–H and O–H groups in total. The van der Waals surface area contributed by atoms with Crippen LogP contribution in [-0.2, 0) is 0 Å². The Balaban J connectivity index is 1.74. The van der Waals surface area contributed by atoms with E-state index in [2.05, 4.69) is 104 Å². The molecule has 5 aromatic rings. The molecule has 0 bridgehead atoms. The summed E-state index contributed by atoms with van der Waals surface area (Å²) in [5.41, 5.74) is 7.01. The Morgan fingerprint density at radius 2 is 1.23 bits per heavy atom. The third kappa shape index (κ3) is 2.70. The number of aromatic nitrogens is 2. The van der Waals surface area contributed by atoms with Crippen LogP contribution in [0, 0.1) is 0 Å². The zero-order valence-electron chi connectivity index (χ0n) is 17.6. The van der Waals surface area contributed by atoms with Gasteiger partial charge in [0.15, 0.2) is 5.82 Å². The van der Waals surface area contributed by atoms with Crippen LogP contribution >= 0.6 is 0 Å². The second kappa shape index (κ2) is 6.72. The topological polar surface area (TPSA) is 25.8 Å². The van der Waals surface area contributed by atoms with Crippen molar-refractivity contribution in [3.05, 3.63) is 97.1 Å². The molecule has 0 radical (unpaired) electrons. The summed E-state index contributed by atoms with van der Waals surface area (Å²) in [5, 5.41) is 4.07. The van der Waals surface area contributed by atoms with Crippen molar-refractivity contribution in [1.82, 2.24) is 9.97 Å². The molecule has 4 aromatic carbocycles. The molecular formula is C28H22N2Si. The number of fused-ring (bicyclic) bond motifs is 5. The van der Waals surface area contributed by atoms with E-state index in [1.54, 1.807) is 0 Å². The minimum absolute atomic E-state index is 0.793. The molecule has 2 heterocycles. The molecule has 0 aliphatic carbocycles. The summed E-state index contributed by atoms with van der Waals surface area (Å²) in [7, 11) is -1.88. The molecule has 148 valence electrons. The summed E-state index contributed by atoms with van der Waals surface area (Å²) in [6.45, 7) is 4.90. The van der Waals surface area contributed by atoms with Gasteiger partial charge in [-0.25, -0.2) is 9.97 Å². The third-order valence-corrected chi connectivity index (χ3v) is 10.0. The molecule has 31 heavy (non-hydrogen) atoms. The molecule has 0 spiro atoms. The van der Waals surface area contributed by atoms with Gasteiger partial charge < -0.3 is 0 Å². The van der Waals surface area contributed by atoms with Crippen LogP contribution < -0.4 is 10.4 Å². The summed E-state index contributed by atoms with van der Waals surface area (Å²) >= 11 is 0. The monoisotopic (exact) mass is 414 g/mol. The summed E-state index contributed by atoms with van der Waals surface area (Å²) in [5.74, 6) is 0.793. The minimum Gasteiger partial charge on any atom is -0.228 e. The highest BCUT2D eigenvalue weighted by molar-refractivity contribution is 7.05. The number of hydrogen-bond acceptors (Lipinski definition) is 2. The van der Waals surface area contributed by atoms with Crippen LogP contribution in [0.2, 0.25) is 13.1 Å². The van der Waals surface area contributed by atoms with Gasteiger partial charge in [0, 0.05) is 16.5 Å². The minimum atomic E-state index is -1.88. The van der Waals surface area contributed by atoms with Gasteiger partial charge in [-0.15, -0.1) is 0 Å². The van der Waals surface area contributed by atoms with E-state index < -0.39 is 8.07 Å². The Morgan fingerprint density at radius 3 is 1.97 bits per heavy atom. The van der Waals surface area contributed by atoms with E-state index in [1.165, 1.54) is 21.5 Å². The fourth-order valence-corrected chi connectivity index (χ4v) is 8.33. The van der Waals surface area contributed by atoms with Crippen LogP contribution in [0.1, 0.15) is 0 Å². The summed E-state index contributed by atoms with van der Waals surface area (Å²) < 4.78 is 0. The van der Waals surface area contributed by atoms with Gasteiger partial charge in [0.05, 0.1) is 11.2 Å². The lowest BCUT2D eigenvalue weighted by Crippen LogP contribution is -2.49. The smallest absolute Gasteiger partial charge is 0.160 e. The van der Waals surface area contributed by atoms with Gasteiger partial charge >= 0.3 is 0 Å². The van der Waals surface area contributed by atoms with E-state index in [0.717, 1.165) is 33.5 Å². The molecule has 0 unspecified atom stereocenters. The largest absolute Gasteiger partial charge is 0.228 e. The fourth-order valence-electron chi connectivity index (χ4n) is 4.98. The van der Waals surface area contributed by atoms with Gasteiger partial charge in [-0.2, -0.15) is 0 Å². The Morgan fingerprint density at radius 1 is 0.581 bits per heavy atom. The standard InChI is InChI=1S/C28H22N2Si/c1-31(2)24-16-10-9-15-21(24)22-17-18-23-25(19-11-5-3-6-12-19)29-28(30-26(23)27(22)31)20-13-7-4-8-14-20/h3-18H,1-2H3. The molecule has 2 nitrogen and oxygen atoms in total. The number of hydrogen-bond donors (Lipinski definition) is 0. The van der Waals surface area contributed by atoms with E-state index in [0.29, 0.717) is 0 Å². The van der Waals surface area contributed by atoms with E-state index in [4.69, 9.17) is 9.97 Å². The van der Waals surface area contributed by atoms with Crippen molar-refractivity contribution in [1.29, 1.82) is 0 Å². The second-order valence-electron chi connectivity index (χ2n) is 8.68. The van der Waals surface area contributed by atoms with Gasteiger partial charge in [-0.3, -0.25) is 0 Å². The highest BCUT2D eigenvalue weighted by atomic mass is 28.3. The normalized spacial score (nSPS) is 13.7. The third-order valence-electron chi connectivity index (χ3n) is 6.46. The molecule has 3 heteroatoms. The quantitative estimate of drug-likeness (QED) is 0.343. The first-order chi connectivity index (χ1) is 15.1. The molecule has 1 aromatic heterocycles. The summed E-state index contributed by atoms with van der Waals surface area (Å²) in [6.07, 6.45) is 0. The molecule has 0 atom stereocenters. The SMILES string of the molecule is C[Si]1(C)c2ccccc2-c2ccc3c(-c4ccccc4)nc(-c4ccccc4)nc3c21. The van der Waals surface area contributed by atoms with Gasteiger partial charge in [0.25, 0.3) is 0 Å². The average Bonchev–Trinajstić information content (AvgIpc) is 3.07. The lowest BCUT2D eigenvalue weighted by molar-refractivity contribution is 1.23. The molecule has 6 rings (SSSR count). The van der Waals surface area contributed by atoms with E-state index >= 15 is 0 Å². The lowest BCUT2D eigenvalue weighted by Gasteiger charge is -2.21. The van der Waals surface area contributed by atoms with Gasteiger partial charge in [0.1, 0.15) is 8.07 Å². The van der Waals surface area contributed by atoms with Gasteiger partial charge in [-0.05, 0) is 21.5 Å². The maximum Gasteiger partial charge on any atom is 0.160 e. The molecular weight excluding hydrogens is 392 g/mol. The predicted octanol–water partition coefficient (Wildman–Crippen LogP) is 5.77. The number of rotatable bonds is 2. The van der Waals surface area contributed by atoms with Crippen LogP contribution in [0.5, 0.6) is 0 Å². The van der Waals surface area contributed by atoms with Crippen LogP contribution in [0.15, 0.2) is 97.1 Å².